The van der Waals surface area contributed by atoms with E-state index in [9.17, 15) is 9.59 Å². The van der Waals surface area contributed by atoms with Crippen LogP contribution in [0.3, 0.4) is 0 Å². The summed E-state index contributed by atoms with van der Waals surface area (Å²) in [4.78, 5) is 25.0. The molecule has 1 aliphatic carbocycles. The fraction of sp³-hybridized carbons (Fsp3) is 0.600. The minimum Gasteiger partial charge on any atom is -0.464 e. The smallest absolute Gasteiger partial charge is 0.354 e. The zero-order valence-corrected chi connectivity index (χ0v) is 20.1. The van der Waals surface area contributed by atoms with Crippen molar-refractivity contribution in [3.8, 4) is 0 Å². The van der Waals surface area contributed by atoms with Crippen molar-refractivity contribution in [1.82, 2.24) is 5.32 Å². The average Bonchev–Trinajstić information content (AvgIpc) is 3.01. The van der Waals surface area contributed by atoms with Crippen LogP contribution in [0.4, 0.5) is 0 Å². The maximum atomic E-state index is 12.7. The largest absolute Gasteiger partial charge is 0.464 e. The summed E-state index contributed by atoms with van der Waals surface area (Å²) in [6.45, 7) is 8.61. The standard InChI is InChI=1S/C25H34ClNO5/c1-5-30-23(28)19(14-17-9-7-6-8-10-17)27-22-21(26)24(29)32-25(22)31-20-13-16(4)11-12-18(20)15(2)3/h6-10,15-16,18-20,25,27H,5,11-14H2,1-4H3/t16?,18?,19-,20?,25-/m0/s1. The quantitative estimate of drug-likeness (QED) is 0.541. The molecule has 176 valence electrons. The molecule has 0 amide bonds. The minimum absolute atomic E-state index is 0.0499. The van der Waals surface area contributed by atoms with Crippen molar-refractivity contribution >= 4 is 23.5 Å². The van der Waals surface area contributed by atoms with Gasteiger partial charge in [-0.1, -0.05) is 69.1 Å². The van der Waals surface area contributed by atoms with E-state index in [4.69, 9.17) is 25.8 Å². The van der Waals surface area contributed by atoms with Gasteiger partial charge < -0.3 is 19.5 Å². The highest BCUT2D eigenvalue weighted by atomic mass is 35.5. The average molecular weight is 464 g/mol. The maximum absolute atomic E-state index is 12.7. The molecule has 0 spiro atoms. The maximum Gasteiger partial charge on any atom is 0.354 e. The molecule has 0 aromatic heterocycles. The van der Waals surface area contributed by atoms with E-state index >= 15 is 0 Å². The number of hydrogen-bond acceptors (Lipinski definition) is 6. The predicted octanol–water partition coefficient (Wildman–Crippen LogP) is 4.56. The van der Waals surface area contributed by atoms with Gasteiger partial charge in [0.15, 0.2) is 5.03 Å². The van der Waals surface area contributed by atoms with E-state index in [1.165, 1.54) is 0 Å². The highest BCUT2D eigenvalue weighted by Crippen LogP contribution is 2.38. The van der Waals surface area contributed by atoms with Crippen LogP contribution < -0.4 is 5.32 Å². The van der Waals surface area contributed by atoms with Gasteiger partial charge in [-0.05, 0) is 43.1 Å². The third-order valence-corrected chi connectivity index (χ3v) is 6.67. The summed E-state index contributed by atoms with van der Waals surface area (Å²) in [5, 5.41) is 3.05. The van der Waals surface area contributed by atoms with Crippen molar-refractivity contribution in [2.75, 3.05) is 6.61 Å². The lowest BCUT2D eigenvalue weighted by Crippen LogP contribution is -2.44. The van der Waals surface area contributed by atoms with Crippen LogP contribution in [0.1, 0.15) is 52.5 Å². The van der Waals surface area contributed by atoms with Gasteiger partial charge >= 0.3 is 11.9 Å². The topological polar surface area (TPSA) is 73.9 Å². The second-order valence-corrected chi connectivity index (χ2v) is 9.48. The fourth-order valence-electron chi connectivity index (χ4n) is 4.55. The van der Waals surface area contributed by atoms with E-state index in [2.05, 4.69) is 26.1 Å². The number of hydrogen-bond donors (Lipinski definition) is 1. The van der Waals surface area contributed by atoms with Crippen molar-refractivity contribution in [3.63, 3.8) is 0 Å². The zero-order chi connectivity index (χ0) is 23.3. The number of halogens is 1. The summed E-state index contributed by atoms with van der Waals surface area (Å²) < 4.78 is 17.1. The summed E-state index contributed by atoms with van der Waals surface area (Å²) in [7, 11) is 0. The van der Waals surface area contributed by atoms with Gasteiger partial charge in [-0.2, -0.15) is 0 Å². The van der Waals surface area contributed by atoms with Crippen LogP contribution in [0.25, 0.3) is 0 Å². The second kappa shape index (κ2) is 11.2. The van der Waals surface area contributed by atoms with Crippen LogP contribution in [0.5, 0.6) is 0 Å². The van der Waals surface area contributed by atoms with Gasteiger partial charge in [0.1, 0.15) is 11.7 Å². The van der Waals surface area contributed by atoms with Crippen molar-refractivity contribution < 1.29 is 23.8 Å². The molecular weight excluding hydrogens is 430 g/mol. The molecule has 0 bridgehead atoms. The van der Waals surface area contributed by atoms with E-state index in [1.54, 1.807) is 6.92 Å². The summed E-state index contributed by atoms with van der Waals surface area (Å²) in [6, 6.07) is 8.88. The van der Waals surface area contributed by atoms with Crippen LogP contribution in [0.15, 0.2) is 41.1 Å². The van der Waals surface area contributed by atoms with E-state index in [0.717, 1.165) is 24.8 Å². The Morgan fingerprint density at radius 3 is 2.62 bits per heavy atom. The van der Waals surface area contributed by atoms with Gasteiger partial charge in [-0.3, -0.25) is 0 Å². The SMILES string of the molecule is CCOC(=O)[C@H](Cc1ccccc1)NC1=C(Cl)C(=O)O[C@@H]1OC1CC(C)CCC1C(C)C. The first-order chi connectivity index (χ1) is 15.3. The van der Waals surface area contributed by atoms with E-state index in [-0.39, 0.29) is 17.7 Å². The van der Waals surface area contributed by atoms with Gasteiger partial charge in [0.05, 0.1) is 12.7 Å². The van der Waals surface area contributed by atoms with E-state index in [0.29, 0.717) is 29.9 Å². The van der Waals surface area contributed by atoms with Gasteiger partial charge in [0.2, 0.25) is 6.29 Å². The number of benzene rings is 1. The molecule has 1 aromatic rings. The minimum atomic E-state index is -0.959. The number of carbonyl (C=O) groups excluding carboxylic acids is 2. The third kappa shape index (κ3) is 6.04. The Morgan fingerprint density at radius 2 is 1.97 bits per heavy atom. The molecule has 1 fully saturated rings. The van der Waals surface area contributed by atoms with Gasteiger partial charge in [-0.25, -0.2) is 9.59 Å². The number of esters is 2. The summed E-state index contributed by atoms with van der Waals surface area (Å²) in [5.74, 6) is 0.291. The van der Waals surface area contributed by atoms with Crippen LogP contribution in [0, 0.1) is 17.8 Å². The number of carbonyl (C=O) groups is 2. The zero-order valence-electron chi connectivity index (χ0n) is 19.3. The first-order valence-corrected chi connectivity index (χ1v) is 11.9. The van der Waals surface area contributed by atoms with Gasteiger partial charge in [0, 0.05) is 6.42 Å². The van der Waals surface area contributed by atoms with E-state index in [1.807, 2.05) is 30.3 Å². The Hall–Kier alpha value is -2.05. The predicted molar refractivity (Wildman–Crippen MR) is 123 cm³/mol. The van der Waals surface area contributed by atoms with Crippen molar-refractivity contribution in [2.24, 2.45) is 17.8 Å². The molecule has 3 unspecified atom stereocenters. The molecule has 1 heterocycles. The molecule has 7 heteroatoms. The molecule has 32 heavy (non-hydrogen) atoms. The molecule has 1 N–H and O–H groups in total. The van der Waals surface area contributed by atoms with Gasteiger partial charge in [-0.15, -0.1) is 0 Å². The lowest BCUT2D eigenvalue weighted by atomic mass is 9.75. The molecule has 1 aliphatic heterocycles. The molecule has 1 aromatic carbocycles. The molecule has 1 saturated carbocycles. The van der Waals surface area contributed by atoms with Crippen molar-refractivity contribution in [2.45, 2.75) is 71.8 Å². The Balaban J connectivity index is 1.80. The monoisotopic (exact) mass is 463 g/mol. The summed E-state index contributed by atoms with van der Waals surface area (Å²) in [5.41, 5.74) is 1.25. The molecule has 5 atom stereocenters. The first-order valence-electron chi connectivity index (χ1n) is 11.5. The Morgan fingerprint density at radius 1 is 1.25 bits per heavy atom. The Labute approximate surface area is 195 Å². The highest BCUT2D eigenvalue weighted by molar-refractivity contribution is 6.42. The Bertz CT molecular complexity index is 825. The molecular formula is C25H34ClNO5. The normalized spacial score (nSPS) is 26.8. The lowest BCUT2D eigenvalue weighted by molar-refractivity contribution is -0.182. The molecule has 2 aliphatic rings. The third-order valence-electron chi connectivity index (χ3n) is 6.31. The second-order valence-electron chi connectivity index (χ2n) is 9.10. The number of ether oxygens (including phenoxy) is 3. The van der Waals surface area contributed by atoms with Crippen molar-refractivity contribution in [1.29, 1.82) is 0 Å². The van der Waals surface area contributed by atoms with Crippen LogP contribution in [-0.2, 0) is 30.2 Å². The number of rotatable bonds is 9. The van der Waals surface area contributed by atoms with Gasteiger partial charge in [0.25, 0.3) is 0 Å². The molecule has 0 radical (unpaired) electrons. The van der Waals surface area contributed by atoms with Crippen LogP contribution in [-0.4, -0.2) is 37.0 Å². The molecule has 6 nitrogen and oxygen atoms in total. The fourth-order valence-corrected chi connectivity index (χ4v) is 4.74. The molecule has 0 saturated heterocycles. The molecule has 3 rings (SSSR count). The first kappa shape index (κ1) is 24.6. The van der Waals surface area contributed by atoms with E-state index < -0.39 is 24.3 Å². The Kier molecular flexibility index (Phi) is 8.60. The summed E-state index contributed by atoms with van der Waals surface area (Å²) >= 11 is 6.31. The van der Waals surface area contributed by atoms with Crippen molar-refractivity contribution in [3.05, 3.63) is 46.6 Å². The van der Waals surface area contributed by atoms with Crippen LogP contribution >= 0.6 is 11.6 Å². The summed E-state index contributed by atoms with van der Waals surface area (Å²) in [6.07, 6.45) is 2.50. The number of nitrogens with one attached hydrogen (secondary N) is 1. The highest BCUT2D eigenvalue weighted by Gasteiger charge is 2.41. The lowest BCUT2D eigenvalue weighted by Gasteiger charge is -2.38. The number of cyclic esters (lactones) is 1. The van der Waals surface area contributed by atoms with Crippen LogP contribution in [0.2, 0.25) is 0 Å².